The number of hydrogen-bond donors (Lipinski definition) is 1. The summed E-state index contributed by atoms with van der Waals surface area (Å²) in [6.45, 7) is 2.86. The number of halogens is 1. The first-order valence-corrected chi connectivity index (χ1v) is 7.51. The smallest absolute Gasteiger partial charge is 0.0573 e. The Labute approximate surface area is 117 Å². The Hall–Kier alpha value is 0.0600. The summed E-state index contributed by atoms with van der Waals surface area (Å²) >= 11 is 5.36. The molecule has 0 aliphatic heterocycles. The van der Waals surface area contributed by atoms with Gasteiger partial charge in [-0.2, -0.15) is 0 Å². The standard InChI is InChI=1S/C12H22BrN3S/c1-15(2)6-4-7-16(3)11(9-14)12-10(13)5-8-17-12/h5,8,11H,4,6-7,9,14H2,1-3H3. The summed E-state index contributed by atoms with van der Waals surface area (Å²) in [5, 5.41) is 2.11. The second-order valence-corrected chi connectivity index (χ2v) is 6.32. The molecule has 1 atom stereocenters. The number of likely N-dealkylation sites (N-methyl/N-ethyl adjacent to an activating group) is 1. The Kier molecular flexibility index (Phi) is 6.66. The molecule has 17 heavy (non-hydrogen) atoms. The molecule has 0 bridgehead atoms. The van der Waals surface area contributed by atoms with Crippen molar-refractivity contribution in [2.24, 2.45) is 5.73 Å². The van der Waals surface area contributed by atoms with Gasteiger partial charge in [-0.1, -0.05) is 0 Å². The van der Waals surface area contributed by atoms with Crippen molar-refractivity contribution in [1.82, 2.24) is 9.80 Å². The van der Waals surface area contributed by atoms with Gasteiger partial charge in [-0.3, -0.25) is 4.90 Å². The molecule has 0 aliphatic carbocycles. The Bertz CT molecular complexity index is 327. The molecule has 0 aliphatic rings. The van der Waals surface area contributed by atoms with Gasteiger partial charge in [0, 0.05) is 15.9 Å². The minimum Gasteiger partial charge on any atom is -0.329 e. The molecular weight excluding hydrogens is 298 g/mol. The Morgan fingerprint density at radius 3 is 2.53 bits per heavy atom. The highest BCUT2D eigenvalue weighted by Gasteiger charge is 2.18. The van der Waals surface area contributed by atoms with Crippen LogP contribution in [0.4, 0.5) is 0 Å². The number of thiophene rings is 1. The molecule has 0 radical (unpaired) electrons. The molecular formula is C12H22BrN3S. The van der Waals surface area contributed by atoms with Crippen LogP contribution in [-0.2, 0) is 0 Å². The normalized spacial score (nSPS) is 13.6. The number of hydrogen-bond acceptors (Lipinski definition) is 4. The van der Waals surface area contributed by atoms with E-state index in [-0.39, 0.29) is 0 Å². The fraction of sp³-hybridized carbons (Fsp3) is 0.667. The van der Waals surface area contributed by atoms with Crippen LogP contribution in [0.3, 0.4) is 0 Å². The summed E-state index contributed by atoms with van der Waals surface area (Å²) in [5.41, 5.74) is 5.90. The lowest BCUT2D eigenvalue weighted by atomic mass is 10.2. The van der Waals surface area contributed by atoms with E-state index in [9.17, 15) is 0 Å². The van der Waals surface area contributed by atoms with Crippen molar-refractivity contribution >= 4 is 27.3 Å². The van der Waals surface area contributed by atoms with E-state index in [1.165, 1.54) is 15.8 Å². The van der Waals surface area contributed by atoms with Crippen LogP contribution in [0.15, 0.2) is 15.9 Å². The van der Waals surface area contributed by atoms with Gasteiger partial charge in [0.25, 0.3) is 0 Å². The zero-order valence-corrected chi connectivity index (χ0v) is 13.2. The van der Waals surface area contributed by atoms with Gasteiger partial charge in [-0.05, 0) is 68.0 Å². The van der Waals surface area contributed by atoms with E-state index < -0.39 is 0 Å². The summed E-state index contributed by atoms with van der Waals surface area (Å²) in [4.78, 5) is 5.90. The van der Waals surface area contributed by atoms with Crippen molar-refractivity contribution < 1.29 is 0 Å². The van der Waals surface area contributed by atoms with Gasteiger partial charge >= 0.3 is 0 Å². The average Bonchev–Trinajstić information content (AvgIpc) is 2.66. The van der Waals surface area contributed by atoms with Crippen molar-refractivity contribution in [2.75, 3.05) is 40.8 Å². The van der Waals surface area contributed by atoms with Gasteiger partial charge in [0.1, 0.15) is 0 Å². The van der Waals surface area contributed by atoms with Gasteiger partial charge in [0.05, 0.1) is 6.04 Å². The molecule has 0 saturated heterocycles. The summed E-state index contributed by atoms with van der Waals surface area (Å²) in [6.07, 6.45) is 1.17. The summed E-state index contributed by atoms with van der Waals surface area (Å²) in [5.74, 6) is 0. The maximum Gasteiger partial charge on any atom is 0.0573 e. The monoisotopic (exact) mass is 319 g/mol. The summed E-state index contributed by atoms with van der Waals surface area (Å²) in [7, 11) is 6.37. The van der Waals surface area contributed by atoms with Crippen LogP contribution in [0.2, 0.25) is 0 Å². The Morgan fingerprint density at radius 2 is 2.06 bits per heavy atom. The first-order valence-electron chi connectivity index (χ1n) is 5.84. The molecule has 1 aromatic rings. The molecule has 1 heterocycles. The van der Waals surface area contributed by atoms with Crippen molar-refractivity contribution in [3.8, 4) is 0 Å². The van der Waals surface area contributed by atoms with Crippen LogP contribution in [-0.4, -0.2) is 50.6 Å². The highest BCUT2D eigenvalue weighted by atomic mass is 79.9. The quantitative estimate of drug-likeness (QED) is 0.837. The molecule has 98 valence electrons. The zero-order valence-electron chi connectivity index (χ0n) is 10.8. The van der Waals surface area contributed by atoms with E-state index in [0.29, 0.717) is 12.6 Å². The number of nitrogens with zero attached hydrogens (tertiary/aromatic N) is 2. The fourth-order valence-electron chi connectivity index (χ4n) is 1.82. The van der Waals surface area contributed by atoms with E-state index >= 15 is 0 Å². The lowest BCUT2D eigenvalue weighted by molar-refractivity contribution is 0.237. The third-order valence-corrected chi connectivity index (χ3v) is 4.79. The first-order chi connectivity index (χ1) is 8.06. The van der Waals surface area contributed by atoms with Gasteiger partial charge < -0.3 is 10.6 Å². The van der Waals surface area contributed by atoms with Gasteiger partial charge in [0.2, 0.25) is 0 Å². The molecule has 5 heteroatoms. The average molecular weight is 320 g/mol. The van der Waals surface area contributed by atoms with E-state index in [2.05, 4.69) is 58.3 Å². The van der Waals surface area contributed by atoms with E-state index in [1.54, 1.807) is 11.3 Å². The van der Waals surface area contributed by atoms with Crippen LogP contribution < -0.4 is 5.73 Å². The van der Waals surface area contributed by atoms with Crippen LogP contribution in [0.25, 0.3) is 0 Å². The van der Waals surface area contributed by atoms with E-state index in [0.717, 1.165) is 13.1 Å². The Morgan fingerprint density at radius 1 is 1.35 bits per heavy atom. The molecule has 1 aromatic heterocycles. The molecule has 0 spiro atoms. The van der Waals surface area contributed by atoms with Gasteiger partial charge in [-0.15, -0.1) is 11.3 Å². The van der Waals surface area contributed by atoms with E-state index in [1.807, 2.05) is 0 Å². The largest absolute Gasteiger partial charge is 0.329 e. The van der Waals surface area contributed by atoms with Crippen LogP contribution >= 0.6 is 27.3 Å². The molecule has 0 fully saturated rings. The second-order valence-electron chi connectivity index (χ2n) is 4.52. The summed E-state index contributed by atoms with van der Waals surface area (Å²) < 4.78 is 1.18. The molecule has 0 amide bonds. The molecule has 0 saturated carbocycles. The maximum atomic E-state index is 5.90. The minimum atomic E-state index is 0.325. The molecule has 3 nitrogen and oxygen atoms in total. The van der Waals surface area contributed by atoms with Crippen LogP contribution in [0.5, 0.6) is 0 Å². The van der Waals surface area contributed by atoms with Crippen LogP contribution in [0.1, 0.15) is 17.3 Å². The SMILES string of the molecule is CN(C)CCCN(C)C(CN)c1sccc1Br. The number of nitrogens with two attached hydrogens (primary N) is 1. The van der Waals surface area contributed by atoms with Crippen molar-refractivity contribution in [3.05, 3.63) is 20.8 Å². The molecule has 0 aromatic carbocycles. The van der Waals surface area contributed by atoms with Crippen molar-refractivity contribution in [3.63, 3.8) is 0 Å². The lowest BCUT2D eigenvalue weighted by Crippen LogP contribution is -2.32. The van der Waals surface area contributed by atoms with Crippen molar-refractivity contribution in [1.29, 1.82) is 0 Å². The number of rotatable bonds is 7. The summed E-state index contributed by atoms with van der Waals surface area (Å²) in [6, 6.07) is 2.42. The van der Waals surface area contributed by atoms with Crippen molar-refractivity contribution in [2.45, 2.75) is 12.5 Å². The zero-order chi connectivity index (χ0) is 12.8. The predicted molar refractivity (Wildman–Crippen MR) is 79.6 cm³/mol. The third kappa shape index (κ3) is 4.67. The Balaban J connectivity index is 2.53. The van der Waals surface area contributed by atoms with Gasteiger partial charge in [0.15, 0.2) is 0 Å². The molecule has 2 N–H and O–H groups in total. The highest BCUT2D eigenvalue weighted by Crippen LogP contribution is 2.31. The first kappa shape index (κ1) is 15.1. The van der Waals surface area contributed by atoms with Crippen LogP contribution in [0, 0.1) is 0 Å². The van der Waals surface area contributed by atoms with Gasteiger partial charge in [-0.25, -0.2) is 0 Å². The predicted octanol–water partition coefficient (Wildman–Crippen LogP) is 2.39. The topological polar surface area (TPSA) is 32.5 Å². The van der Waals surface area contributed by atoms with E-state index in [4.69, 9.17) is 5.73 Å². The molecule has 1 rings (SSSR count). The maximum absolute atomic E-state index is 5.90. The highest BCUT2D eigenvalue weighted by molar-refractivity contribution is 9.10. The molecule has 1 unspecified atom stereocenters. The fourth-order valence-corrected chi connectivity index (χ4v) is 3.64. The minimum absolute atomic E-state index is 0.325. The lowest BCUT2D eigenvalue weighted by Gasteiger charge is -2.27. The second kappa shape index (κ2) is 7.48. The third-order valence-electron chi connectivity index (χ3n) is 2.82.